The zero-order valence-corrected chi connectivity index (χ0v) is 12.8. The number of nitrogens with two attached hydrogens (primary N) is 1. The van der Waals surface area contributed by atoms with Gasteiger partial charge in [0, 0.05) is 15.6 Å². The van der Waals surface area contributed by atoms with Gasteiger partial charge in [-0.15, -0.1) is 0 Å². The number of rotatable bonds is 4. The third-order valence-electron chi connectivity index (χ3n) is 2.61. The van der Waals surface area contributed by atoms with Crippen LogP contribution >= 0.6 is 23.2 Å². The zero-order valence-electron chi connectivity index (χ0n) is 10.5. The summed E-state index contributed by atoms with van der Waals surface area (Å²) in [6.07, 6.45) is 0. The number of hydrogen-bond donors (Lipinski definition) is 1. The Bertz CT molecular complexity index is 781. The van der Waals surface area contributed by atoms with Gasteiger partial charge in [-0.2, -0.15) is 0 Å². The number of halogens is 3. The molecule has 0 aliphatic rings. The molecule has 2 aromatic carbocycles. The quantitative estimate of drug-likeness (QED) is 0.919. The first-order chi connectivity index (χ1) is 9.77. The fraction of sp³-hybridized carbons (Fsp3) is 0.0769. The number of hydrogen-bond acceptors (Lipinski definition) is 3. The fourth-order valence-corrected chi connectivity index (χ4v) is 2.71. The largest absolute Gasteiger partial charge is 0.487 e. The third-order valence-corrected chi connectivity index (χ3v) is 4.01. The molecule has 0 saturated carbocycles. The molecule has 0 heterocycles. The summed E-state index contributed by atoms with van der Waals surface area (Å²) in [5.41, 5.74) is 0.231. The molecule has 0 bridgehead atoms. The van der Waals surface area contributed by atoms with Crippen molar-refractivity contribution in [2.45, 2.75) is 11.5 Å². The number of benzene rings is 2. The van der Waals surface area contributed by atoms with Crippen LogP contribution in [0.5, 0.6) is 5.75 Å². The highest BCUT2D eigenvalue weighted by atomic mass is 35.5. The molecule has 0 radical (unpaired) electrons. The second-order valence-electron chi connectivity index (χ2n) is 4.16. The zero-order chi connectivity index (χ0) is 15.6. The lowest BCUT2D eigenvalue weighted by Crippen LogP contribution is -2.14. The molecule has 0 aliphatic heterocycles. The Kier molecular flexibility index (Phi) is 4.73. The average Bonchev–Trinajstić information content (AvgIpc) is 2.38. The van der Waals surface area contributed by atoms with E-state index in [-0.39, 0.29) is 32.9 Å². The molecule has 0 atom stereocenters. The highest BCUT2D eigenvalue weighted by Gasteiger charge is 2.16. The van der Waals surface area contributed by atoms with Gasteiger partial charge in [0.15, 0.2) is 0 Å². The van der Waals surface area contributed by atoms with Gasteiger partial charge in [-0.05, 0) is 30.3 Å². The fourth-order valence-electron chi connectivity index (χ4n) is 1.62. The summed E-state index contributed by atoms with van der Waals surface area (Å²) in [6.45, 7) is -0.173. The van der Waals surface area contributed by atoms with E-state index < -0.39 is 15.8 Å². The van der Waals surface area contributed by atoms with Crippen LogP contribution in [0.15, 0.2) is 41.3 Å². The second-order valence-corrected chi connectivity index (χ2v) is 6.56. The molecule has 0 fully saturated rings. The Morgan fingerprint density at radius 3 is 2.33 bits per heavy atom. The maximum atomic E-state index is 13.6. The van der Waals surface area contributed by atoms with E-state index in [1.165, 1.54) is 30.3 Å². The van der Waals surface area contributed by atoms with E-state index in [4.69, 9.17) is 33.1 Å². The van der Waals surface area contributed by atoms with Crippen molar-refractivity contribution in [1.29, 1.82) is 0 Å². The molecule has 0 amide bonds. The minimum Gasteiger partial charge on any atom is -0.487 e. The van der Waals surface area contributed by atoms with E-state index in [0.717, 1.165) is 6.07 Å². The molecule has 2 rings (SSSR count). The van der Waals surface area contributed by atoms with Crippen molar-refractivity contribution >= 4 is 33.2 Å². The monoisotopic (exact) mass is 349 g/mol. The van der Waals surface area contributed by atoms with Crippen LogP contribution in [0.4, 0.5) is 4.39 Å². The molecule has 21 heavy (non-hydrogen) atoms. The molecule has 0 aliphatic carbocycles. The lowest BCUT2D eigenvalue weighted by atomic mass is 10.2. The standard InChI is InChI=1S/C13H10Cl2FNO3S/c14-9-2-1-8(11(16)5-9)7-20-12-4-3-10(15)6-13(12)21(17,18)19/h1-6H,7H2,(H2,17,18,19). The highest BCUT2D eigenvalue weighted by Crippen LogP contribution is 2.27. The molecular formula is C13H10Cl2FNO3S. The van der Waals surface area contributed by atoms with Gasteiger partial charge in [0.2, 0.25) is 10.0 Å². The van der Waals surface area contributed by atoms with E-state index in [1.54, 1.807) is 0 Å². The van der Waals surface area contributed by atoms with E-state index in [2.05, 4.69) is 0 Å². The Morgan fingerprint density at radius 2 is 1.71 bits per heavy atom. The lowest BCUT2D eigenvalue weighted by Gasteiger charge is -2.11. The van der Waals surface area contributed by atoms with Crippen molar-refractivity contribution < 1.29 is 17.5 Å². The van der Waals surface area contributed by atoms with E-state index in [0.29, 0.717) is 0 Å². The SMILES string of the molecule is NS(=O)(=O)c1cc(Cl)ccc1OCc1ccc(Cl)cc1F. The van der Waals surface area contributed by atoms with Crippen LogP contribution in [0, 0.1) is 5.82 Å². The van der Waals surface area contributed by atoms with Gasteiger partial charge in [-0.3, -0.25) is 0 Å². The van der Waals surface area contributed by atoms with Crippen molar-refractivity contribution in [1.82, 2.24) is 0 Å². The average molecular weight is 350 g/mol. The molecule has 0 unspecified atom stereocenters. The van der Waals surface area contributed by atoms with Crippen molar-refractivity contribution in [3.8, 4) is 5.75 Å². The predicted molar refractivity (Wildman–Crippen MR) is 78.6 cm³/mol. The molecule has 0 aromatic heterocycles. The molecule has 112 valence electrons. The summed E-state index contributed by atoms with van der Waals surface area (Å²) in [5.74, 6) is -0.551. The van der Waals surface area contributed by atoms with Gasteiger partial charge in [-0.1, -0.05) is 29.3 Å². The molecule has 2 aromatic rings. The van der Waals surface area contributed by atoms with Crippen molar-refractivity contribution in [2.75, 3.05) is 0 Å². The van der Waals surface area contributed by atoms with Gasteiger partial charge in [0.1, 0.15) is 23.1 Å². The van der Waals surface area contributed by atoms with E-state index in [1.807, 2.05) is 0 Å². The first kappa shape index (κ1) is 16.0. The van der Waals surface area contributed by atoms with Crippen LogP contribution in [0.25, 0.3) is 0 Å². The lowest BCUT2D eigenvalue weighted by molar-refractivity contribution is 0.292. The maximum absolute atomic E-state index is 13.6. The van der Waals surface area contributed by atoms with Crippen LogP contribution in [0.1, 0.15) is 5.56 Å². The Hall–Kier alpha value is -1.34. The molecule has 2 N–H and O–H groups in total. The molecule has 0 spiro atoms. The van der Waals surface area contributed by atoms with Crippen LogP contribution in [-0.2, 0) is 16.6 Å². The van der Waals surface area contributed by atoms with E-state index in [9.17, 15) is 12.8 Å². The van der Waals surface area contributed by atoms with Gasteiger partial charge >= 0.3 is 0 Å². The van der Waals surface area contributed by atoms with Gasteiger partial charge in [0.25, 0.3) is 0 Å². The van der Waals surface area contributed by atoms with Crippen LogP contribution in [0.3, 0.4) is 0 Å². The summed E-state index contributed by atoms with van der Waals surface area (Å²) in [5, 5.41) is 5.54. The topological polar surface area (TPSA) is 69.4 Å². The summed E-state index contributed by atoms with van der Waals surface area (Å²) in [4.78, 5) is -0.260. The summed E-state index contributed by atoms with van der Waals surface area (Å²) in [6, 6.07) is 8.07. The summed E-state index contributed by atoms with van der Waals surface area (Å²) in [7, 11) is -4.00. The first-order valence-electron chi connectivity index (χ1n) is 5.66. The Morgan fingerprint density at radius 1 is 1.10 bits per heavy atom. The number of sulfonamides is 1. The van der Waals surface area contributed by atoms with Gasteiger partial charge in [-0.25, -0.2) is 17.9 Å². The highest BCUT2D eigenvalue weighted by molar-refractivity contribution is 7.89. The predicted octanol–water partition coefficient (Wildman–Crippen LogP) is 3.36. The van der Waals surface area contributed by atoms with Crippen LogP contribution in [-0.4, -0.2) is 8.42 Å². The van der Waals surface area contributed by atoms with Crippen molar-refractivity contribution in [3.63, 3.8) is 0 Å². The molecule has 4 nitrogen and oxygen atoms in total. The van der Waals surface area contributed by atoms with Crippen molar-refractivity contribution in [2.24, 2.45) is 5.14 Å². The minimum absolute atomic E-state index is 0.00347. The van der Waals surface area contributed by atoms with Gasteiger partial charge in [0.05, 0.1) is 0 Å². The van der Waals surface area contributed by atoms with Crippen molar-refractivity contribution in [3.05, 3.63) is 57.8 Å². The molecule has 0 saturated heterocycles. The number of ether oxygens (including phenoxy) is 1. The van der Waals surface area contributed by atoms with Crippen LogP contribution in [0.2, 0.25) is 10.0 Å². The Labute approximate surface area is 131 Å². The second kappa shape index (κ2) is 6.19. The Balaban J connectivity index is 2.28. The molecular weight excluding hydrogens is 340 g/mol. The number of primary sulfonamides is 1. The summed E-state index contributed by atoms with van der Waals surface area (Å²) < 4.78 is 41.9. The first-order valence-corrected chi connectivity index (χ1v) is 7.96. The van der Waals surface area contributed by atoms with Gasteiger partial charge < -0.3 is 4.74 Å². The normalized spacial score (nSPS) is 11.4. The third kappa shape index (κ3) is 4.07. The van der Waals surface area contributed by atoms with Crippen LogP contribution < -0.4 is 9.88 Å². The molecule has 8 heteroatoms. The van der Waals surface area contributed by atoms with E-state index >= 15 is 0 Å². The summed E-state index contributed by atoms with van der Waals surface area (Å²) >= 11 is 11.4. The maximum Gasteiger partial charge on any atom is 0.241 e. The minimum atomic E-state index is -4.00. The smallest absolute Gasteiger partial charge is 0.241 e.